The molecule has 0 aromatic heterocycles. The Labute approximate surface area is 63.1 Å². The molecule has 0 aliphatic rings. The van der Waals surface area contributed by atoms with E-state index >= 15 is 0 Å². The number of sulfonamides is 1. The number of hydrogen-bond acceptors (Lipinski definition) is 2. The van der Waals surface area contributed by atoms with Crippen LogP contribution >= 0.6 is 0 Å². The molecule has 61 valence electrons. The Kier molecular flexibility index (Phi) is 3.89. The van der Waals surface area contributed by atoms with E-state index in [-0.39, 0.29) is 0 Å². The molecule has 0 amide bonds. The summed E-state index contributed by atoms with van der Waals surface area (Å²) in [6.07, 6.45) is 1.96. The largest absolute Gasteiger partial charge is 0.212 e. The third kappa shape index (κ3) is 3.17. The van der Waals surface area contributed by atoms with Crippen LogP contribution in [0.15, 0.2) is 0 Å². The van der Waals surface area contributed by atoms with Gasteiger partial charge in [0.05, 0.1) is 6.26 Å². The predicted octanol–water partition coefficient (Wildman–Crippen LogP) is 0.840. The average molecular weight is 164 g/mol. The van der Waals surface area contributed by atoms with E-state index in [1.54, 1.807) is 6.54 Å². The lowest BCUT2D eigenvalue weighted by atomic mass is 10.5. The third-order valence-electron chi connectivity index (χ3n) is 1.12. The number of rotatable bonds is 4. The standard InChI is InChI=1S/C6H14NO2S/c1-4-6-7(5-2)10(3,8)9/h6H,4-5H2,1-3H3. The quantitative estimate of drug-likeness (QED) is 0.617. The molecule has 0 atom stereocenters. The Morgan fingerprint density at radius 3 is 2.00 bits per heavy atom. The SMILES string of the molecule is CC[CH]N(CC)S(C)(=O)=O. The Hall–Kier alpha value is -0.0900. The van der Waals surface area contributed by atoms with Gasteiger partial charge in [-0.15, -0.1) is 0 Å². The lowest BCUT2D eigenvalue weighted by Gasteiger charge is -2.15. The minimum absolute atomic E-state index is 0.521. The van der Waals surface area contributed by atoms with Crippen LogP contribution in [-0.4, -0.2) is 25.5 Å². The molecule has 0 aliphatic heterocycles. The summed E-state index contributed by atoms with van der Waals surface area (Å²) in [5, 5.41) is 0. The molecule has 3 nitrogen and oxygen atoms in total. The monoisotopic (exact) mass is 164 g/mol. The van der Waals surface area contributed by atoms with E-state index in [0.717, 1.165) is 6.42 Å². The summed E-state index contributed by atoms with van der Waals surface area (Å²) < 4.78 is 23.0. The fraction of sp³-hybridized carbons (Fsp3) is 0.833. The fourth-order valence-corrected chi connectivity index (χ4v) is 1.59. The van der Waals surface area contributed by atoms with Crippen molar-refractivity contribution in [2.45, 2.75) is 20.3 Å². The zero-order chi connectivity index (χ0) is 8.20. The molecule has 0 saturated carbocycles. The summed E-state index contributed by atoms with van der Waals surface area (Å²) >= 11 is 0. The molecular formula is C6H14NO2S. The Morgan fingerprint density at radius 2 is 1.90 bits per heavy atom. The highest BCUT2D eigenvalue weighted by atomic mass is 32.2. The molecule has 0 heterocycles. The summed E-state index contributed by atoms with van der Waals surface area (Å²) in [4.78, 5) is 0. The van der Waals surface area contributed by atoms with Gasteiger partial charge in [0.1, 0.15) is 0 Å². The van der Waals surface area contributed by atoms with Crippen molar-refractivity contribution in [3.05, 3.63) is 6.54 Å². The van der Waals surface area contributed by atoms with E-state index in [1.165, 1.54) is 10.6 Å². The first-order chi connectivity index (χ1) is 4.52. The van der Waals surface area contributed by atoms with Crippen LogP contribution in [0, 0.1) is 6.54 Å². The molecule has 0 bridgehead atoms. The molecule has 0 aliphatic carbocycles. The van der Waals surface area contributed by atoms with E-state index in [9.17, 15) is 8.42 Å². The molecule has 10 heavy (non-hydrogen) atoms. The van der Waals surface area contributed by atoms with Crippen LogP contribution in [-0.2, 0) is 10.0 Å². The van der Waals surface area contributed by atoms with E-state index in [1.807, 2.05) is 13.8 Å². The maximum absolute atomic E-state index is 10.8. The first kappa shape index (κ1) is 9.91. The summed E-state index contributed by atoms with van der Waals surface area (Å²) in [6, 6.07) is 0. The van der Waals surface area contributed by atoms with Crippen molar-refractivity contribution in [2.24, 2.45) is 0 Å². The van der Waals surface area contributed by atoms with Crippen molar-refractivity contribution in [1.82, 2.24) is 4.31 Å². The highest BCUT2D eigenvalue weighted by molar-refractivity contribution is 7.88. The van der Waals surface area contributed by atoms with Crippen molar-refractivity contribution in [3.8, 4) is 0 Å². The van der Waals surface area contributed by atoms with Crippen molar-refractivity contribution in [3.63, 3.8) is 0 Å². The maximum Gasteiger partial charge on any atom is 0.211 e. The van der Waals surface area contributed by atoms with E-state index in [0.29, 0.717) is 6.54 Å². The summed E-state index contributed by atoms with van der Waals surface area (Å²) in [7, 11) is -3.00. The maximum atomic E-state index is 10.8. The number of hydrogen-bond donors (Lipinski definition) is 0. The fourth-order valence-electron chi connectivity index (χ4n) is 0.703. The molecule has 4 heteroatoms. The van der Waals surface area contributed by atoms with Gasteiger partial charge in [-0.25, -0.2) is 8.42 Å². The average Bonchev–Trinajstić information content (AvgIpc) is 1.80. The van der Waals surface area contributed by atoms with Crippen molar-refractivity contribution in [2.75, 3.05) is 12.8 Å². The molecule has 0 aromatic carbocycles. The van der Waals surface area contributed by atoms with Gasteiger partial charge in [-0.2, -0.15) is 4.31 Å². The summed E-state index contributed by atoms with van der Waals surface area (Å²) in [5.41, 5.74) is 0. The van der Waals surface area contributed by atoms with E-state index in [2.05, 4.69) is 0 Å². The van der Waals surface area contributed by atoms with Crippen LogP contribution < -0.4 is 0 Å². The molecule has 0 saturated heterocycles. The topological polar surface area (TPSA) is 37.4 Å². The molecule has 1 radical (unpaired) electrons. The van der Waals surface area contributed by atoms with Gasteiger partial charge in [0.25, 0.3) is 0 Å². The smallest absolute Gasteiger partial charge is 0.211 e. The first-order valence-electron chi connectivity index (χ1n) is 3.32. The zero-order valence-corrected chi connectivity index (χ0v) is 7.48. The molecule has 0 N–H and O–H groups in total. The summed E-state index contributed by atoms with van der Waals surface area (Å²) in [5.74, 6) is 0. The highest BCUT2D eigenvalue weighted by Crippen LogP contribution is 2.01. The molecule has 0 rings (SSSR count). The Bertz CT molecular complexity index is 174. The lowest BCUT2D eigenvalue weighted by Crippen LogP contribution is -2.26. The van der Waals surface area contributed by atoms with Crippen LogP contribution in [0.5, 0.6) is 0 Å². The van der Waals surface area contributed by atoms with Gasteiger partial charge in [0.2, 0.25) is 10.0 Å². The molecule has 0 fully saturated rings. The lowest BCUT2D eigenvalue weighted by molar-refractivity contribution is 0.481. The van der Waals surface area contributed by atoms with Gasteiger partial charge in [0, 0.05) is 13.1 Å². The summed E-state index contributed by atoms with van der Waals surface area (Å²) in [6.45, 7) is 5.92. The van der Waals surface area contributed by atoms with Crippen molar-refractivity contribution in [1.29, 1.82) is 0 Å². The molecular weight excluding hydrogens is 150 g/mol. The second kappa shape index (κ2) is 3.93. The van der Waals surface area contributed by atoms with Crippen molar-refractivity contribution >= 4 is 10.0 Å². The normalized spacial score (nSPS) is 12.4. The van der Waals surface area contributed by atoms with Crippen LogP contribution in [0.1, 0.15) is 20.3 Å². The highest BCUT2D eigenvalue weighted by Gasteiger charge is 2.11. The van der Waals surface area contributed by atoms with Crippen LogP contribution in [0.25, 0.3) is 0 Å². The predicted molar refractivity (Wildman–Crippen MR) is 41.8 cm³/mol. The van der Waals surface area contributed by atoms with Gasteiger partial charge in [-0.05, 0) is 6.42 Å². The minimum Gasteiger partial charge on any atom is -0.212 e. The van der Waals surface area contributed by atoms with Gasteiger partial charge >= 0.3 is 0 Å². The second-order valence-electron chi connectivity index (χ2n) is 2.06. The second-order valence-corrected chi connectivity index (χ2v) is 3.99. The van der Waals surface area contributed by atoms with E-state index < -0.39 is 10.0 Å². The Morgan fingerprint density at radius 1 is 1.40 bits per heavy atom. The number of nitrogens with zero attached hydrogens (tertiary/aromatic N) is 1. The Balaban J connectivity index is 4.08. The molecule has 0 aromatic rings. The van der Waals surface area contributed by atoms with Gasteiger partial charge < -0.3 is 0 Å². The van der Waals surface area contributed by atoms with Crippen LogP contribution in [0.2, 0.25) is 0 Å². The van der Waals surface area contributed by atoms with Gasteiger partial charge in [-0.1, -0.05) is 13.8 Å². The first-order valence-corrected chi connectivity index (χ1v) is 5.17. The van der Waals surface area contributed by atoms with Gasteiger partial charge in [-0.3, -0.25) is 0 Å². The zero-order valence-electron chi connectivity index (χ0n) is 6.66. The van der Waals surface area contributed by atoms with E-state index in [4.69, 9.17) is 0 Å². The third-order valence-corrected chi connectivity index (χ3v) is 2.38. The van der Waals surface area contributed by atoms with Crippen molar-refractivity contribution < 1.29 is 8.42 Å². The van der Waals surface area contributed by atoms with Crippen LogP contribution in [0.4, 0.5) is 0 Å². The van der Waals surface area contributed by atoms with Gasteiger partial charge in [0.15, 0.2) is 0 Å². The van der Waals surface area contributed by atoms with Crippen LogP contribution in [0.3, 0.4) is 0 Å². The molecule has 0 spiro atoms. The molecule has 0 unspecified atom stereocenters. The minimum atomic E-state index is -3.00.